The van der Waals surface area contributed by atoms with Gasteiger partial charge in [0.15, 0.2) is 5.96 Å². The molecule has 1 N–H and O–H groups in total. The fourth-order valence-corrected chi connectivity index (χ4v) is 3.56. The summed E-state index contributed by atoms with van der Waals surface area (Å²) in [6.07, 6.45) is 5.75. The minimum atomic E-state index is -0.102. The molecule has 0 spiro atoms. The van der Waals surface area contributed by atoms with Crippen molar-refractivity contribution in [3.8, 4) is 0 Å². The van der Waals surface area contributed by atoms with Crippen molar-refractivity contribution in [2.24, 2.45) is 10.9 Å². The molecule has 0 radical (unpaired) electrons. The second-order valence-electron chi connectivity index (χ2n) is 7.24. The highest BCUT2D eigenvalue weighted by atomic mass is 16.5. The fourth-order valence-electron chi connectivity index (χ4n) is 3.56. The topological polar surface area (TPSA) is 71.8 Å². The van der Waals surface area contributed by atoms with E-state index in [0.29, 0.717) is 19.7 Å². The third-order valence-corrected chi connectivity index (χ3v) is 4.96. The smallest absolute Gasteiger partial charge is 0.310 e. The highest BCUT2D eigenvalue weighted by molar-refractivity contribution is 5.81. The lowest BCUT2D eigenvalue weighted by molar-refractivity contribution is -0.149. The second-order valence-corrected chi connectivity index (χ2v) is 7.24. The Bertz CT molecular complexity index is 803. The Hall–Kier alpha value is -2.83. The fraction of sp³-hybridized carbons (Fsp3) is 0.500. The van der Waals surface area contributed by atoms with Crippen molar-refractivity contribution in [2.75, 3.05) is 26.2 Å². The van der Waals surface area contributed by atoms with Gasteiger partial charge in [0, 0.05) is 31.4 Å². The largest absolute Gasteiger partial charge is 0.466 e. The van der Waals surface area contributed by atoms with E-state index in [9.17, 15) is 4.79 Å². The van der Waals surface area contributed by atoms with Gasteiger partial charge in [-0.05, 0) is 32.3 Å². The standard InChI is InChI=1S/C22H31N5O2/c1-3-23-22(26-12-8-11-20(17-26)21(28)29-4-2)24-13-19-14-25-27(16-19)15-18-9-6-5-7-10-18/h5-7,9-10,14,16,20H,3-4,8,11-13,15,17H2,1-2H3,(H,23,24). The predicted octanol–water partition coefficient (Wildman–Crippen LogP) is 2.67. The number of aliphatic imine (C=N–C) groups is 1. The van der Waals surface area contributed by atoms with E-state index in [-0.39, 0.29) is 11.9 Å². The summed E-state index contributed by atoms with van der Waals surface area (Å²) >= 11 is 0. The molecule has 2 aromatic rings. The van der Waals surface area contributed by atoms with Crippen molar-refractivity contribution >= 4 is 11.9 Å². The number of esters is 1. The molecule has 1 aromatic heterocycles. The molecule has 0 aliphatic carbocycles. The SMILES string of the molecule is CCNC(=NCc1cnn(Cc2ccccc2)c1)N1CCCC(C(=O)OCC)C1. The molecule has 1 atom stereocenters. The summed E-state index contributed by atoms with van der Waals surface area (Å²) in [7, 11) is 0. The molecule has 1 fully saturated rings. The van der Waals surface area contributed by atoms with E-state index in [1.165, 1.54) is 5.56 Å². The van der Waals surface area contributed by atoms with Gasteiger partial charge >= 0.3 is 5.97 Å². The maximum absolute atomic E-state index is 12.1. The zero-order valence-corrected chi connectivity index (χ0v) is 17.4. The number of nitrogens with zero attached hydrogens (tertiary/aromatic N) is 4. The summed E-state index contributed by atoms with van der Waals surface area (Å²) in [6.45, 7) is 7.97. The molecule has 29 heavy (non-hydrogen) atoms. The van der Waals surface area contributed by atoms with Crippen molar-refractivity contribution in [2.45, 2.75) is 39.8 Å². The summed E-state index contributed by atoms with van der Waals surface area (Å²) in [5.41, 5.74) is 2.28. The van der Waals surface area contributed by atoms with Crippen molar-refractivity contribution in [3.63, 3.8) is 0 Å². The first kappa shape index (κ1) is 20.9. The first-order valence-electron chi connectivity index (χ1n) is 10.4. The number of rotatable bonds is 7. The predicted molar refractivity (Wildman–Crippen MR) is 114 cm³/mol. The molecule has 1 aromatic carbocycles. The van der Waals surface area contributed by atoms with Crippen LogP contribution in [0.3, 0.4) is 0 Å². The molecular weight excluding hydrogens is 366 g/mol. The van der Waals surface area contributed by atoms with Gasteiger partial charge < -0.3 is 15.0 Å². The normalized spacial score (nSPS) is 17.2. The molecule has 0 bridgehead atoms. The van der Waals surface area contributed by atoms with Gasteiger partial charge in [0.25, 0.3) is 0 Å². The van der Waals surface area contributed by atoms with Crippen LogP contribution in [0.25, 0.3) is 0 Å². The molecule has 1 aliphatic heterocycles. The van der Waals surface area contributed by atoms with Crippen LogP contribution in [0.5, 0.6) is 0 Å². The van der Waals surface area contributed by atoms with Crippen molar-refractivity contribution < 1.29 is 9.53 Å². The average molecular weight is 398 g/mol. The highest BCUT2D eigenvalue weighted by Gasteiger charge is 2.28. The van der Waals surface area contributed by atoms with Gasteiger partial charge in [-0.1, -0.05) is 30.3 Å². The van der Waals surface area contributed by atoms with Gasteiger partial charge in [-0.15, -0.1) is 0 Å². The number of likely N-dealkylation sites (tertiary alicyclic amines) is 1. The lowest BCUT2D eigenvalue weighted by atomic mass is 9.98. The van der Waals surface area contributed by atoms with Crippen LogP contribution in [-0.2, 0) is 22.6 Å². The number of piperidine rings is 1. The van der Waals surface area contributed by atoms with Crippen LogP contribution in [0.2, 0.25) is 0 Å². The van der Waals surface area contributed by atoms with E-state index in [1.807, 2.05) is 42.2 Å². The summed E-state index contributed by atoms with van der Waals surface area (Å²) in [5, 5.41) is 7.81. The van der Waals surface area contributed by atoms with Crippen LogP contribution in [0.1, 0.15) is 37.8 Å². The quantitative estimate of drug-likeness (QED) is 0.442. The Balaban J connectivity index is 1.62. The summed E-state index contributed by atoms with van der Waals surface area (Å²) in [5.74, 6) is 0.661. The van der Waals surface area contributed by atoms with Gasteiger partial charge in [0.2, 0.25) is 0 Å². The molecule has 2 heterocycles. The lowest BCUT2D eigenvalue weighted by Gasteiger charge is -2.34. The van der Waals surface area contributed by atoms with Gasteiger partial charge in [-0.2, -0.15) is 5.10 Å². The molecule has 156 valence electrons. The molecular formula is C22H31N5O2. The zero-order valence-electron chi connectivity index (χ0n) is 17.4. The number of hydrogen-bond donors (Lipinski definition) is 1. The monoisotopic (exact) mass is 397 g/mol. The first-order valence-corrected chi connectivity index (χ1v) is 10.4. The van der Waals surface area contributed by atoms with Crippen LogP contribution in [-0.4, -0.2) is 52.9 Å². The maximum atomic E-state index is 12.1. The van der Waals surface area contributed by atoms with Crippen LogP contribution >= 0.6 is 0 Å². The molecule has 7 heteroatoms. The summed E-state index contributed by atoms with van der Waals surface area (Å²) in [4.78, 5) is 19.1. The highest BCUT2D eigenvalue weighted by Crippen LogP contribution is 2.18. The van der Waals surface area contributed by atoms with Gasteiger partial charge in [0.1, 0.15) is 0 Å². The van der Waals surface area contributed by atoms with E-state index in [4.69, 9.17) is 9.73 Å². The van der Waals surface area contributed by atoms with Crippen LogP contribution in [0, 0.1) is 5.92 Å². The Morgan fingerprint density at radius 3 is 2.86 bits per heavy atom. The van der Waals surface area contributed by atoms with Gasteiger partial charge in [0.05, 0.1) is 31.8 Å². The minimum Gasteiger partial charge on any atom is -0.466 e. The van der Waals surface area contributed by atoms with E-state index in [2.05, 4.69) is 34.4 Å². The molecule has 1 aliphatic rings. The molecule has 3 rings (SSSR count). The average Bonchev–Trinajstić information content (AvgIpc) is 3.19. The Morgan fingerprint density at radius 1 is 1.28 bits per heavy atom. The number of aromatic nitrogens is 2. The number of hydrogen-bond acceptors (Lipinski definition) is 4. The first-order chi connectivity index (χ1) is 14.2. The van der Waals surface area contributed by atoms with E-state index < -0.39 is 0 Å². The molecule has 1 saturated heterocycles. The lowest BCUT2D eigenvalue weighted by Crippen LogP contribution is -2.48. The Morgan fingerprint density at radius 2 is 2.10 bits per heavy atom. The number of nitrogens with one attached hydrogen (secondary N) is 1. The van der Waals surface area contributed by atoms with Crippen LogP contribution in [0.15, 0.2) is 47.7 Å². The van der Waals surface area contributed by atoms with E-state index in [0.717, 1.165) is 44.0 Å². The van der Waals surface area contributed by atoms with Crippen molar-refractivity contribution in [1.82, 2.24) is 20.0 Å². The van der Waals surface area contributed by atoms with Crippen molar-refractivity contribution in [3.05, 3.63) is 53.9 Å². The number of carbonyl (C=O) groups is 1. The van der Waals surface area contributed by atoms with E-state index in [1.54, 1.807) is 0 Å². The summed E-state index contributed by atoms with van der Waals surface area (Å²) < 4.78 is 7.15. The number of benzene rings is 1. The summed E-state index contributed by atoms with van der Waals surface area (Å²) in [6, 6.07) is 10.3. The number of carbonyl (C=O) groups excluding carboxylic acids is 1. The van der Waals surface area contributed by atoms with Crippen molar-refractivity contribution in [1.29, 1.82) is 0 Å². The third-order valence-electron chi connectivity index (χ3n) is 4.96. The minimum absolute atomic E-state index is 0.0822. The third kappa shape index (κ3) is 6.07. The van der Waals surface area contributed by atoms with Crippen LogP contribution in [0.4, 0.5) is 0 Å². The maximum Gasteiger partial charge on any atom is 0.310 e. The Kier molecular flexibility index (Phi) is 7.67. The molecule has 0 saturated carbocycles. The molecule has 0 amide bonds. The van der Waals surface area contributed by atoms with Crippen LogP contribution < -0.4 is 5.32 Å². The van der Waals surface area contributed by atoms with E-state index >= 15 is 0 Å². The number of guanidine groups is 1. The molecule has 1 unspecified atom stereocenters. The number of ether oxygens (including phenoxy) is 1. The second kappa shape index (κ2) is 10.6. The van der Waals surface area contributed by atoms with Gasteiger partial charge in [-0.3, -0.25) is 9.48 Å². The van der Waals surface area contributed by atoms with Gasteiger partial charge in [-0.25, -0.2) is 4.99 Å². The zero-order chi connectivity index (χ0) is 20.5. The Labute approximate surface area is 172 Å². The molecule has 7 nitrogen and oxygen atoms in total.